The molecule has 8 aromatic carbocycles. The van der Waals surface area contributed by atoms with Gasteiger partial charge in [0.1, 0.15) is 0 Å². The van der Waals surface area contributed by atoms with Crippen molar-refractivity contribution in [1.29, 1.82) is 0 Å². The first-order chi connectivity index (χ1) is 22.3. The fraction of sp³-hybridized carbons (Fsp3) is 0. The minimum Gasteiger partial charge on any atom is -0.308 e. The number of rotatable bonds is 1. The highest BCUT2D eigenvalue weighted by Gasteiger charge is 2.24. The number of benzene rings is 8. The molecule has 0 aliphatic rings. The zero-order chi connectivity index (χ0) is 29.2. The molecule has 1 nitrogen and oxygen atoms in total. The Hall–Kier alpha value is -5.22. The Labute approximate surface area is 265 Å². The number of para-hydroxylation sites is 1. The lowest BCUT2D eigenvalue weighted by atomic mass is 9.94. The monoisotopic (exact) mass is 605 g/mol. The molecule has 45 heavy (non-hydrogen) atoms. The van der Waals surface area contributed by atoms with Crippen LogP contribution in [0, 0.1) is 0 Å². The molecule has 3 aromatic heterocycles. The van der Waals surface area contributed by atoms with Gasteiger partial charge < -0.3 is 4.57 Å². The Morgan fingerprint density at radius 3 is 1.47 bits per heavy atom. The van der Waals surface area contributed by atoms with E-state index >= 15 is 0 Å². The van der Waals surface area contributed by atoms with E-state index in [4.69, 9.17) is 0 Å². The van der Waals surface area contributed by atoms with Crippen LogP contribution in [0.4, 0.5) is 0 Å². The summed E-state index contributed by atoms with van der Waals surface area (Å²) in [6, 6.07) is 51.7. The molecule has 0 N–H and O–H groups in total. The standard InChI is InChI=1S/C42H23NS2/c1-2-13-27-25(11-1)26-12-3-4-14-28(26)33-23-24(21-22-29(27)33)43-34-18-8-5-15-30(34)39-40(43)42-38(32-17-7-10-20-36(32)45-42)37-31-16-6-9-19-35(31)44-41(37)39/h1-23H. The summed E-state index contributed by atoms with van der Waals surface area (Å²) < 4.78 is 7.98. The zero-order valence-corrected chi connectivity index (χ0v) is 25.7. The van der Waals surface area contributed by atoms with E-state index in [-0.39, 0.29) is 0 Å². The lowest BCUT2D eigenvalue weighted by molar-refractivity contribution is 1.19. The van der Waals surface area contributed by atoms with E-state index in [1.165, 1.54) is 100 Å². The zero-order valence-electron chi connectivity index (χ0n) is 24.0. The molecule has 0 spiro atoms. The van der Waals surface area contributed by atoms with Gasteiger partial charge in [-0.25, -0.2) is 0 Å². The van der Waals surface area contributed by atoms with Crippen LogP contribution < -0.4 is 0 Å². The summed E-state index contributed by atoms with van der Waals surface area (Å²) in [5, 5.41) is 16.0. The molecule has 3 heteroatoms. The summed E-state index contributed by atoms with van der Waals surface area (Å²) in [7, 11) is 0. The van der Waals surface area contributed by atoms with Gasteiger partial charge in [-0.1, -0.05) is 109 Å². The Bertz CT molecular complexity index is 3010. The Morgan fingerprint density at radius 2 is 0.822 bits per heavy atom. The average molecular weight is 606 g/mol. The molecule has 0 atom stereocenters. The molecule has 0 saturated carbocycles. The quantitative estimate of drug-likeness (QED) is 0.164. The van der Waals surface area contributed by atoms with E-state index in [1.54, 1.807) is 0 Å². The van der Waals surface area contributed by atoms with Gasteiger partial charge in [-0.3, -0.25) is 0 Å². The van der Waals surface area contributed by atoms with E-state index in [0.717, 1.165) is 0 Å². The summed E-state index contributed by atoms with van der Waals surface area (Å²) in [4.78, 5) is 0. The number of hydrogen-bond donors (Lipinski definition) is 0. The van der Waals surface area contributed by atoms with Crippen molar-refractivity contribution in [2.45, 2.75) is 0 Å². The Morgan fingerprint density at radius 1 is 0.356 bits per heavy atom. The number of aromatic nitrogens is 1. The van der Waals surface area contributed by atoms with Gasteiger partial charge in [0.15, 0.2) is 0 Å². The highest BCUT2D eigenvalue weighted by atomic mass is 32.1. The first kappa shape index (κ1) is 24.1. The molecule has 0 fully saturated rings. The van der Waals surface area contributed by atoms with Crippen LogP contribution in [0.1, 0.15) is 0 Å². The molecule has 0 bridgehead atoms. The van der Waals surface area contributed by atoms with Crippen LogP contribution in [0.2, 0.25) is 0 Å². The third-order valence-corrected chi connectivity index (χ3v) is 12.1. The highest BCUT2D eigenvalue weighted by Crippen LogP contribution is 2.52. The van der Waals surface area contributed by atoms with Crippen molar-refractivity contribution in [2.75, 3.05) is 0 Å². The second kappa shape index (κ2) is 8.70. The van der Waals surface area contributed by atoms with Crippen molar-refractivity contribution < 1.29 is 0 Å². The van der Waals surface area contributed by atoms with Crippen molar-refractivity contribution in [2.24, 2.45) is 0 Å². The van der Waals surface area contributed by atoms with E-state index < -0.39 is 0 Å². The van der Waals surface area contributed by atoms with Crippen LogP contribution in [0.25, 0.3) is 100 Å². The molecule has 0 aliphatic carbocycles. The fourth-order valence-corrected chi connectivity index (χ4v) is 10.4. The maximum atomic E-state index is 2.55. The Kier molecular flexibility index (Phi) is 4.67. The van der Waals surface area contributed by atoms with Gasteiger partial charge in [0.25, 0.3) is 0 Å². The molecular weight excluding hydrogens is 583 g/mol. The minimum atomic E-state index is 1.20. The Balaban J connectivity index is 1.39. The topological polar surface area (TPSA) is 4.93 Å². The normalized spacial score (nSPS) is 12.4. The SMILES string of the molecule is c1ccc2c(c1)sc1c2c2c3ccccc3sc2c2c1c1ccccc1n2-c1ccc2c3ccccc3c3ccccc3c2c1. The van der Waals surface area contributed by atoms with Gasteiger partial charge >= 0.3 is 0 Å². The molecule has 0 saturated heterocycles. The van der Waals surface area contributed by atoms with Crippen molar-refractivity contribution in [3.8, 4) is 5.69 Å². The number of nitrogens with zero attached hydrogens (tertiary/aromatic N) is 1. The van der Waals surface area contributed by atoms with Gasteiger partial charge in [0.05, 0.1) is 15.7 Å². The maximum absolute atomic E-state index is 2.55. The summed E-state index contributed by atoms with van der Waals surface area (Å²) in [6.07, 6.45) is 0. The summed E-state index contributed by atoms with van der Waals surface area (Å²) in [6.45, 7) is 0. The molecule has 0 amide bonds. The van der Waals surface area contributed by atoms with Gasteiger partial charge in [-0.05, 0) is 62.6 Å². The predicted molar refractivity (Wildman–Crippen MR) is 199 cm³/mol. The third-order valence-electron chi connectivity index (χ3n) is 9.74. The minimum absolute atomic E-state index is 1.20. The first-order valence-corrected chi connectivity index (χ1v) is 17.0. The molecule has 208 valence electrons. The molecule has 0 aliphatic heterocycles. The molecular formula is C42H23NS2. The highest BCUT2D eigenvalue weighted by molar-refractivity contribution is 7.29. The van der Waals surface area contributed by atoms with Crippen LogP contribution in [0.5, 0.6) is 0 Å². The van der Waals surface area contributed by atoms with E-state index in [1.807, 2.05) is 22.7 Å². The van der Waals surface area contributed by atoms with Crippen LogP contribution >= 0.6 is 22.7 Å². The molecule has 0 unspecified atom stereocenters. The van der Waals surface area contributed by atoms with Crippen molar-refractivity contribution in [3.05, 3.63) is 140 Å². The fourth-order valence-electron chi connectivity index (χ4n) is 7.92. The predicted octanol–water partition coefficient (Wildman–Crippen LogP) is 13.0. The van der Waals surface area contributed by atoms with Crippen LogP contribution in [-0.4, -0.2) is 4.57 Å². The van der Waals surface area contributed by atoms with Crippen molar-refractivity contribution in [3.63, 3.8) is 0 Å². The third kappa shape index (κ3) is 3.07. The van der Waals surface area contributed by atoms with Gasteiger partial charge in [-0.15, -0.1) is 22.7 Å². The van der Waals surface area contributed by atoms with Gasteiger partial charge in [0.2, 0.25) is 0 Å². The van der Waals surface area contributed by atoms with E-state index in [0.29, 0.717) is 0 Å². The van der Waals surface area contributed by atoms with Crippen molar-refractivity contribution in [1.82, 2.24) is 4.57 Å². The number of fused-ring (bicyclic) bond motifs is 18. The molecule has 11 aromatic rings. The number of hydrogen-bond acceptors (Lipinski definition) is 2. The summed E-state index contributed by atoms with van der Waals surface area (Å²) in [5.74, 6) is 0. The van der Waals surface area contributed by atoms with E-state index in [2.05, 4.69) is 144 Å². The smallest absolute Gasteiger partial charge is 0.0734 e. The van der Waals surface area contributed by atoms with Gasteiger partial charge in [0, 0.05) is 52.1 Å². The average Bonchev–Trinajstić information content (AvgIpc) is 3.78. The molecule has 3 heterocycles. The summed E-state index contributed by atoms with van der Waals surface area (Å²) >= 11 is 3.87. The summed E-state index contributed by atoms with van der Waals surface area (Å²) in [5.41, 5.74) is 3.77. The van der Waals surface area contributed by atoms with Crippen molar-refractivity contribution >= 4 is 117 Å². The first-order valence-electron chi connectivity index (χ1n) is 15.4. The molecule has 11 rings (SSSR count). The van der Waals surface area contributed by atoms with Gasteiger partial charge in [-0.2, -0.15) is 0 Å². The van der Waals surface area contributed by atoms with Crippen LogP contribution in [0.3, 0.4) is 0 Å². The molecule has 0 radical (unpaired) electrons. The largest absolute Gasteiger partial charge is 0.308 e. The second-order valence-corrected chi connectivity index (χ2v) is 14.1. The lowest BCUT2D eigenvalue weighted by Gasteiger charge is -2.14. The van der Waals surface area contributed by atoms with Crippen LogP contribution in [-0.2, 0) is 0 Å². The number of thiophene rings is 2. The van der Waals surface area contributed by atoms with E-state index in [9.17, 15) is 0 Å². The maximum Gasteiger partial charge on any atom is 0.0734 e. The lowest BCUT2D eigenvalue weighted by Crippen LogP contribution is -1.95. The second-order valence-electron chi connectivity index (χ2n) is 12.0. The van der Waals surface area contributed by atoms with Crippen LogP contribution in [0.15, 0.2) is 140 Å².